The summed E-state index contributed by atoms with van der Waals surface area (Å²) >= 11 is 0. The molecule has 1 rings (SSSR count). The van der Waals surface area contributed by atoms with Crippen LogP contribution in [0.1, 0.15) is 18.9 Å². The molecule has 0 amide bonds. The number of rotatable bonds is 5. The number of carboxylic acids is 1. The van der Waals surface area contributed by atoms with Crippen LogP contribution in [0.25, 0.3) is 0 Å². The highest BCUT2D eigenvalue weighted by molar-refractivity contribution is 5.66. The van der Waals surface area contributed by atoms with Crippen LogP contribution in [0.4, 0.5) is 5.69 Å². The van der Waals surface area contributed by atoms with Crippen LogP contribution in [0.2, 0.25) is 0 Å². The number of nitrogen functional groups attached to an aromatic ring is 1. The molecule has 82 valence electrons. The summed E-state index contributed by atoms with van der Waals surface area (Å²) in [6, 6.07) is 5.54. The molecule has 0 saturated carbocycles. The lowest BCUT2D eigenvalue weighted by atomic mass is 10.1. The molecule has 0 fully saturated rings. The van der Waals surface area contributed by atoms with Gasteiger partial charge in [0, 0.05) is 0 Å². The number of aryl methyl sites for hydroxylation is 1. The maximum absolute atomic E-state index is 10.3. The zero-order valence-corrected chi connectivity index (χ0v) is 8.69. The summed E-state index contributed by atoms with van der Waals surface area (Å²) in [5, 5.41) is 8.43. The van der Waals surface area contributed by atoms with E-state index in [0.717, 1.165) is 12.0 Å². The highest BCUT2D eigenvalue weighted by atomic mass is 16.5. The Morgan fingerprint density at radius 1 is 1.53 bits per heavy atom. The van der Waals surface area contributed by atoms with Crippen molar-refractivity contribution < 1.29 is 14.6 Å². The molecule has 4 nitrogen and oxygen atoms in total. The predicted molar refractivity (Wildman–Crippen MR) is 58.0 cm³/mol. The molecule has 0 heterocycles. The van der Waals surface area contributed by atoms with Crippen LogP contribution in [0.3, 0.4) is 0 Å². The smallest absolute Gasteiger partial charge is 0.306 e. The van der Waals surface area contributed by atoms with Crippen molar-refractivity contribution in [2.24, 2.45) is 0 Å². The predicted octanol–water partition coefficient (Wildman–Crippen LogP) is 1.68. The van der Waals surface area contributed by atoms with Crippen LogP contribution < -0.4 is 10.5 Å². The van der Waals surface area contributed by atoms with Gasteiger partial charge in [0.15, 0.2) is 0 Å². The van der Waals surface area contributed by atoms with Gasteiger partial charge in [-0.1, -0.05) is 13.0 Å². The van der Waals surface area contributed by atoms with Crippen molar-refractivity contribution >= 4 is 11.7 Å². The quantitative estimate of drug-likeness (QED) is 0.724. The minimum absolute atomic E-state index is 0.0189. The number of nitrogens with two attached hydrogens (primary N) is 1. The van der Waals surface area contributed by atoms with Crippen molar-refractivity contribution in [3.8, 4) is 5.75 Å². The Morgan fingerprint density at radius 2 is 2.27 bits per heavy atom. The first-order valence-corrected chi connectivity index (χ1v) is 4.86. The minimum atomic E-state index is -0.876. The summed E-state index contributed by atoms with van der Waals surface area (Å²) in [4.78, 5) is 10.3. The number of hydrogen-bond donors (Lipinski definition) is 2. The van der Waals surface area contributed by atoms with E-state index in [1.54, 1.807) is 6.07 Å². The number of aliphatic carboxylic acids is 1. The van der Waals surface area contributed by atoms with E-state index in [0.29, 0.717) is 11.4 Å². The van der Waals surface area contributed by atoms with Crippen molar-refractivity contribution in [1.29, 1.82) is 0 Å². The molecule has 0 spiro atoms. The Kier molecular flexibility index (Phi) is 3.97. The first kappa shape index (κ1) is 11.4. The lowest BCUT2D eigenvalue weighted by molar-refractivity contribution is -0.137. The Labute approximate surface area is 88.7 Å². The van der Waals surface area contributed by atoms with Gasteiger partial charge in [0.1, 0.15) is 5.75 Å². The summed E-state index contributed by atoms with van der Waals surface area (Å²) in [6.07, 6.45) is 0.897. The van der Waals surface area contributed by atoms with E-state index in [4.69, 9.17) is 15.6 Å². The topological polar surface area (TPSA) is 72.5 Å². The number of ether oxygens (including phenoxy) is 1. The van der Waals surface area contributed by atoms with Crippen molar-refractivity contribution in [3.05, 3.63) is 23.8 Å². The number of carbonyl (C=O) groups is 1. The number of anilines is 1. The van der Waals surface area contributed by atoms with Crippen molar-refractivity contribution in [2.75, 3.05) is 12.3 Å². The van der Waals surface area contributed by atoms with Gasteiger partial charge in [-0.3, -0.25) is 4.79 Å². The van der Waals surface area contributed by atoms with Crippen LogP contribution in [0, 0.1) is 0 Å². The van der Waals surface area contributed by atoms with E-state index in [-0.39, 0.29) is 13.0 Å². The molecular formula is C11H15NO3. The third-order valence-corrected chi connectivity index (χ3v) is 2.06. The Bertz CT molecular complexity index is 350. The molecular weight excluding hydrogens is 194 g/mol. The van der Waals surface area contributed by atoms with Crippen LogP contribution in [0.15, 0.2) is 18.2 Å². The normalized spacial score (nSPS) is 9.93. The summed E-state index contributed by atoms with van der Waals surface area (Å²) < 4.78 is 5.24. The van der Waals surface area contributed by atoms with Gasteiger partial charge in [0.05, 0.1) is 18.7 Å². The molecule has 0 aromatic heterocycles. The molecule has 0 aliphatic heterocycles. The molecule has 4 heteroatoms. The lowest BCUT2D eigenvalue weighted by Gasteiger charge is -2.08. The lowest BCUT2D eigenvalue weighted by Crippen LogP contribution is -2.06. The summed E-state index contributed by atoms with van der Waals surface area (Å²) in [5.74, 6) is -0.327. The monoisotopic (exact) mass is 209 g/mol. The van der Waals surface area contributed by atoms with Gasteiger partial charge >= 0.3 is 5.97 Å². The van der Waals surface area contributed by atoms with E-state index in [9.17, 15) is 4.79 Å². The van der Waals surface area contributed by atoms with Crippen molar-refractivity contribution in [3.63, 3.8) is 0 Å². The zero-order valence-electron chi connectivity index (χ0n) is 8.69. The Morgan fingerprint density at radius 3 is 2.80 bits per heavy atom. The fraction of sp³-hybridized carbons (Fsp3) is 0.364. The molecule has 0 aliphatic rings. The molecule has 0 bridgehead atoms. The molecule has 0 radical (unpaired) electrons. The van der Waals surface area contributed by atoms with Gasteiger partial charge in [-0.05, 0) is 24.1 Å². The fourth-order valence-corrected chi connectivity index (χ4v) is 1.20. The third kappa shape index (κ3) is 3.50. The third-order valence-electron chi connectivity index (χ3n) is 2.06. The second-order valence-electron chi connectivity index (χ2n) is 3.22. The molecule has 15 heavy (non-hydrogen) atoms. The molecule has 1 aromatic carbocycles. The second-order valence-corrected chi connectivity index (χ2v) is 3.22. The number of carboxylic acid groups (broad SMARTS) is 1. The van der Waals surface area contributed by atoms with E-state index >= 15 is 0 Å². The SMILES string of the molecule is CCc1ccc(OCCC(=O)O)c(N)c1. The van der Waals surface area contributed by atoms with Gasteiger partial charge in [0.25, 0.3) is 0 Å². The van der Waals surface area contributed by atoms with E-state index in [1.807, 2.05) is 19.1 Å². The Hall–Kier alpha value is -1.71. The summed E-state index contributed by atoms with van der Waals surface area (Å²) in [7, 11) is 0. The van der Waals surface area contributed by atoms with Gasteiger partial charge < -0.3 is 15.6 Å². The maximum atomic E-state index is 10.3. The van der Waals surface area contributed by atoms with E-state index in [1.165, 1.54) is 0 Å². The Balaban J connectivity index is 2.58. The van der Waals surface area contributed by atoms with Crippen LogP contribution in [-0.4, -0.2) is 17.7 Å². The van der Waals surface area contributed by atoms with Crippen LogP contribution in [-0.2, 0) is 11.2 Å². The summed E-state index contributed by atoms with van der Waals surface area (Å²) in [6.45, 7) is 2.19. The van der Waals surface area contributed by atoms with Gasteiger partial charge in [-0.15, -0.1) is 0 Å². The minimum Gasteiger partial charge on any atom is -0.491 e. The molecule has 0 atom stereocenters. The van der Waals surface area contributed by atoms with Gasteiger partial charge in [-0.25, -0.2) is 0 Å². The van der Waals surface area contributed by atoms with E-state index < -0.39 is 5.97 Å². The molecule has 1 aromatic rings. The highest BCUT2D eigenvalue weighted by Gasteiger charge is 2.02. The van der Waals surface area contributed by atoms with Gasteiger partial charge in [0.2, 0.25) is 0 Å². The van der Waals surface area contributed by atoms with E-state index in [2.05, 4.69) is 0 Å². The standard InChI is InChI=1S/C11H15NO3/c1-2-8-3-4-10(9(12)7-8)15-6-5-11(13)14/h3-4,7H,2,5-6,12H2,1H3,(H,13,14). The van der Waals surface area contributed by atoms with Crippen LogP contribution in [0.5, 0.6) is 5.75 Å². The fourth-order valence-electron chi connectivity index (χ4n) is 1.20. The molecule has 3 N–H and O–H groups in total. The summed E-state index contributed by atoms with van der Waals surface area (Å²) in [5.41, 5.74) is 7.43. The second kappa shape index (κ2) is 5.24. The number of hydrogen-bond acceptors (Lipinski definition) is 3. The zero-order chi connectivity index (χ0) is 11.3. The average molecular weight is 209 g/mol. The molecule has 0 unspecified atom stereocenters. The molecule has 0 aliphatic carbocycles. The molecule has 0 saturated heterocycles. The van der Waals surface area contributed by atoms with Crippen LogP contribution >= 0.6 is 0 Å². The average Bonchev–Trinajstić information content (AvgIpc) is 2.20. The highest BCUT2D eigenvalue weighted by Crippen LogP contribution is 2.22. The van der Waals surface area contributed by atoms with Crippen molar-refractivity contribution in [1.82, 2.24) is 0 Å². The largest absolute Gasteiger partial charge is 0.491 e. The first-order chi connectivity index (χ1) is 7.13. The number of benzene rings is 1. The van der Waals surface area contributed by atoms with Crippen molar-refractivity contribution in [2.45, 2.75) is 19.8 Å². The maximum Gasteiger partial charge on any atom is 0.306 e. The van der Waals surface area contributed by atoms with Gasteiger partial charge in [-0.2, -0.15) is 0 Å². The first-order valence-electron chi connectivity index (χ1n) is 4.86.